The van der Waals surface area contributed by atoms with Crippen LogP contribution < -0.4 is 11.1 Å². The van der Waals surface area contributed by atoms with E-state index in [1.807, 2.05) is 0 Å². The quantitative estimate of drug-likeness (QED) is 0.769. The Balaban J connectivity index is 2.36. The van der Waals surface area contributed by atoms with Crippen molar-refractivity contribution in [3.05, 3.63) is 17.3 Å². The van der Waals surface area contributed by atoms with Gasteiger partial charge in [-0.15, -0.1) is 0 Å². The Morgan fingerprint density at radius 2 is 2.11 bits per heavy atom. The topological polar surface area (TPSA) is 54.2 Å². The number of rotatable bonds is 8. The summed E-state index contributed by atoms with van der Waals surface area (Å²) in [7, 11) is 0. The average molecular weight is 285 g/mol. The van der Waals surface area contributed by atoms with Crippen LogP contribution in [0.4, 0.5) is 11.5 Å². The zero-order valence-electron chi connectivity index (χ0n) is 12.1. The van der Waals surface area contributed by atoms with E-state index >= 15 is 0 Å². The molecular formula is C14H25ClN4. The molecule has 0 saturated heterocycles. The number of nitrogens with one attached hydrogen (secondary N) is 1. The van der Waals surface area contributed by atoms with Crippen LogP contribution in [0.25, 0.3) is 0 Å². The SMILES string of the molecule is CCN(CC)CCCC(C)Nc1ncc(N)cc1Cl. The lowest BCUT2D eigenvalue weighted by molar-refractivity contribution is 0.295. The van der Waals surface area contributed by atoms with Gasteiger partial charge in [-0.2, -0.15) is 0 Å². The molecule has 0 aliphatic carbocycles. The average Bonchev–Trinajstić information content (AvgIpc) is 2.38. The predicted octanol–water partition coefficient (Wildman–Crippen LogP) is 3.24. The van der Waals surface area contributed by atoms with Gasteiger partial charge in [-0.25, -0.2) is 4.98 Å². The fraction of sp³-hybridized carbons (Fsp3) is 0.643. The summed E-state index contributed by atoms with van der Waals surface area (Å²) < 4.78 is 0. The van der Waals surface area contributed by atoms with Crippen LogP contribution in [-0.2, 0) is 0 Å². The van der Waals surface area contributed by atoms with Crippen LogP contribution in [0.1, 0.15) is 33.6 Å². The standard InChI is InChI=1S/C14H25ClN4/c1-4-19(5-2)8-6-7-11(3)18-14-13(15)9-12(16)10-17-14/h9-11H,4-8,16H2,1-3H3,(H,17,18). The lowest BCUT2D eigenvalue weighted by Gasteiger charge is -2.20. The Hall–Kier alpha value is -1.00. The molecule has 0 spiro atoms. The van der Waals surface area contributed by atoms with Crippen LogP contribution in [0.15, 0.2) is 12.3 Å². The fourth-order valence-corrected chi connectivity index (χ4v) is 2.25. The molecule has 1 aromatic rings. The first-order valence-electron chi connectivity index (χ1n) is 6.96. The second-order valence-corrected chi connectivity index (χ2v) is 5.22. The Kier molecular flexibility index (Phi) is 6.95. The molecule has 1 atom stereocenters. The van der Waals surface area contributed by atoms with Crippen LogP contribution in [-0.4, -0.2) is 35.6 Å². The summed E-state index contributed by atoms with van der Waals surface area (Å²) in [6.45, 7) is 9.91. The van der Waals surface area contributed by atoms with Gasteiger partial charge in [0.15, 0.2) is 0 Å². The lowest BCUT2D eigenvalue weighted by atomic mass is 10.1. The van der Waals surface area contributed by atoms with E-state index in [2.05, 4.69) is 36.0 Å². The lowest BCUT2D eigenvalue weighted by Crippen LogP contribution is -2.25. The first-order chi connectivity index (χ1) is 9.06. The number of hydrogen-bond donors (Lipinski definition) is 2. The molecule has 0 aromatic carbocycles. The van der Waals surface area contributed by atoms with Gasteiger partial charge in [0.1, 0.15) is 5.82 Å². The van der Waals surface area contributed by atoms with E-state index in [9.17, 15) is 0 Å². The van der Waals surface area contributed by atoms with Crippen molar-refractivity contribution in [3.63, 3.8) is 0 Å². The molecule has 0 amide bonds. The Labute approximate surface area is 121 Å². The van der Waals surface area contributed by atoms with Crippen LogP contribution in [0.2, 0.25) is 5.02 Å². The Morgan fingerprint density at radius 1 is 1.42 bits per heavy atom. The van der Waals surface area contributed by atoms with E-state index in [-0.39, 0.29) is 0 Å². The number of nitrogens with zero attached hydrogens (tertiary/aromatic N) is 2. The fourth-order valence-electron chi connectivity index (χ4n) is 2.03. The normalized spacial score (nSPS) is 12.7. The Morgan fingerprint density at radius 3 is 2.68 bits per heavy atom. The van der Waals surface area contributed by atoms with Gasteiger partial charge >= 0.3 is 0 Å². The predicted molar refractivity (Wildman–Crippen MR) is 83.8 cm³/mol. The maximum Gasteiger partial charge on any atom is 0.145 e. The van der Waals surface area contributed by atoms with E-state index < -0.39 is 0 Å². The molecule has 0 bridgehead atoms. The molecule has 108 valence electrons. The van der Waals surface area contributed by atoms with E-state index in [0.29, 0.717) is 22.6 Å². The molecule has 3 N–H and O–H groups in total. The van der Waals surface area contributed by atoms with Crippen molar-refractivity contribution < 1.29 is 0 Å². The summed E-state index contributed by atoms with van der Waals surface area (Å²) in [6, 6.07) is 2.07. The van der Waals surface area contributed by atoms with Gasteiger partial charge in [-0.3, -0.25) is 0 Å². The Bertz CT molecular complexity index is 380. The molecule has 0 radical (unpaired) electrons. The van der Waals surface area contributed by atoms with Gasteiger partial charge in [-0.1, -0.05) is 25.4 Å². The van der Waals surface area contributed by atoms with Gasteiger partial charge in [0.05, 0.1) is 16.9 Å². The highest BCUT2D eigenvalue weighted by Crippen LogP contribution is 2.22. The monoisotopic (exact) mass is 284 g/mol. The van der Waals surface area contributed by atoms with Gasteiger partial charge in [0.2, 0.25) is 0 Å². The highest BCUT2D eigenvalue weighted by molar-refractivity contribution is 6.33. The minimum absolute atomic E-state index is 0.351. The van der Waals surface area contributed by atoms with E-state index in [1.54, 1.807) is 12.3 Å². The van der Waals surface area contributed by atoms with Crippen molar-refractivity contribution in [1.29, 1.82) is 0 Å². The number of hydrogen-bond acceptors (Lipinski definition) is 4. The molecule has 19 heavy (non-hydrogen) atoms. The van der Waals surface area contributed by atoms with Crippen molar-refractivity contribution in [2.24, 2.45) is 0 Å². The largest absolute Gasteiger partial charge is 0.397 e. The second kappa shape index (κ2) is 8.23. The molecule has 4 nitrogen and oxygen atoms in total. The number of anilines is 2. The summed E-state index contributed by atoms with van der Waals surface area (Å²) in [5.41, 5.74) is 6.21. The second-order valence-electron chi connectivity index (χ2n) is 4.81. The number of pyridine rings is 1. The summed E-state index contributed by atoms with van der Waals surface area (Å²) in [6.07, 6.45) is 3.89. The van der Waals surface area contributed by atoms with Gasteiger partial charge in [0.25, 0.3) is 0 Å². The van der Waals surface area contributed by atoms with E-state index in [0.717, 1.165) is 26.1 Å². The maximum absolute atomic E-state index is 6.09. The summed E-state index contributed by atoms with van der Waals surface area (Å²) >= 11 is 6.09. The number of nitrogen functional groups attached to an aromatic ring is 1. The van der Waals surface area contributed by atoms with Gasteiger partial charge in [-0.05, 0) is 45.5 Å². The molecule has 1 heterocycles. The third-order valence-electron chi connectivity index (χ3n) is 3.25. The van der Waals surface area contributed by atoms with Gasteiger partial charge in [0, 0.05) is 6.04 Å². The first-order valence-corrected chi connectivity index (χ1v) is 7.34. The van der Waals surface area contributed by atoms with Gasteiger partial charge < -0.3 is 16.0 Å². The molecule has 0 fully saturated rings. The summed E-state index contributed by atoms with van der Waals surface area (Å²) in [5, 5.41) is 3.91. The molecule has 0 aliphatic rings. The van der Waals surface area contributed by atoms with Crippen molar-refractivity contribution in [2.45, 2.75) is 39.7 Å². The number of aromatic nitrogens is 1. The molecule has 1 rings (SSSR count). The van der Waals surface area contributed by atoms with Crippen LogP contribution in [0.5, 0.6) is 0 Å². The van der Waals surface area contributed by atoms with Crippen molar-refractivity contribution >= 4 is 23.1 Å². The van der Waals surface area contributed by atoms with Crippen LogP contribution in [0.3, 0.4) is 0 Å². The summed E-state index contributed by atoms with van der Waals surface area (Å²) in [5.74, 6) is 0.714. The van der Waals surface area contributed by atoms with Crippen molar-refractivity contribution in [2.75, 3.05) is 30.7 Å². The molecule has 0 saturated carbocycles. The molecule has 5 heteroatoms. The first kappa shape index (κ1) is 16.1. The molecule has 0 aliphatic heterocycles. The minimum Gasteiger partial charge on any atom is -0.397 e. The minimum atomic E-state index is 0.351. The zero-order valence-corrected chi connectivity index (χ0v) is 12.9. The molecular weight excluding hydrogens is 260 g/mol. The third kappa shape index (κ3) is 5.66. The highest BCUT2D eigenvalue weighted by Gasteiger charge is 2.07. The van der Waals surface area contributed by atoms with Crippen molar-refractivity contribution in [1.82, 2.24) is 9.88 Å². The smallest absolute Gasteiger partial charge is 0.145 e. The highest BCUT2D eigenvalue weighted by atomic mass is 35.5. The van der Waals surface area contributed by atoms with E-state index in [1.165, 1.54) is 6.42 Å². The third-order valence-corrected chi connectivity index (χ3v) is 3.54. The zero-order chi connectivity index (χ0) is 14.3. The molecule has 1 aromatic heterocycles. The summed E-state index contributed by atoms with van der Waals surface area (Å²) in [4.78, 5) is 6.65. The van der Waals surface area contributed by atoms with Crippen molar-refractivity contribution in [3.8, 4) is 0 Å². The number of halogens is 1. The van der Waals surface area contributed by atoms with Crippen LogP contribution >= 0.6 is 11.6 Å². The maximum atomic E-state index is 6.09. The van der Waals surface area contributed by atoms with Crippen LogP contribution in [0, 0.1) is 0 Å². The molecule has 1 unspecified atom stereocenters. The number of nitrogens with two attached hydrogens (primary N) is 1. The van der Waals surface area contributed by atoms with E-state index in [4.69, 9.17) is 17.3 Å².